The average molecular weight is 262 g/mol. The predicted molar refractivity (Wildman–Crippen MR) is 68.3 cm³/mol. The molecule has 1 aliphatic rings. The van der Waals surface area contributed by atoms with Crippen LogP contribution in [0.5, 0.6) is 0 Å². The molecule has 0 radical (unpaired) electrons. The molecule has 0 aromatic heterocycles. The zero-order valence-corrected chi connectivity index (χ0v) is 10.7. The van der Waals surface area contributed by atoms with Crippen LogP contribution in [-0.2, 0) is 4.79 Å². The van der Waals surface area contributed by atoms with E-state index in [1.807, 2.05) is 11.0 Å². The van der Waals surface area contributed by atoms with Gasteiger partial charge in [-0.2, -0.15) is 5.26 Å². The monoisotopic (exact) mass is 262 g/mol. The molecule has 1 fully saturated rings. The predicted octanol–water partition coefficient (Wildman–Crippen LogP) is 2.39. The van der Waals surface area contributed by atoms with Gasteiger partial charge in [0.2, 0.25) is 0 Å². The van der Waals surface area contributed by atoms with Crippen LogP contribution < -0.4 is 4.90 Å². The van der Waals surface area contributed by atoms with Gasteiger partial charge in [0.1, 0.15) is 17.4 Å². The number of carbonyl (C=O) groups is 1. The van der Waals surface area contributed by atoms with Gasteiger partial charge in [-0.15, -0.1) is 0 Å². The molecule has 100 valence electrons. The molecule has 1 aromatic carbocycles. The van der Waals surface area contributed by atoms with Crippen molar-refractivity contribution in [2.24, 2.45) is 5.41 Å². The molecular weight excluding hydrogens is 247 g/mol. The second kappa shape index (κ2) is 4.88. The van der Waals surface area contributed by atoms with Crippen molar-refractivity contribution in [3.8, 4) is 6.07 Å². The summed E-state index contributed by atoms with van der Waals surface area (Å²) in [6.07, 6.45) is 0.980. The second-order valence-electron chi connectivity index (χ2n) is 5.10. The largest absolute Gasteiger partial charge is 0.481 e. The third-order valence-corrected chi connectivity index (χ3v) is 3.83. The van der Waals surface area contributed by atoms with Gasteiger partial charge in [0.15, 0.2) is 0 Å². The number of hydrogen-bond donors (Lipinski definition) is 1. The Morgan fingerprint density at radius 1 is 1.47 bits per heavy atom. The molecule has 0 unspecified atom stereocenters. The molecule has 0 saturated carbocycles. The molecule has 1 aromatic rings. The lowest BCUT2D eigenvalue weighted by Crippen LogP contribution is -2.43. The van der Waals surface area contributed by atoms with Crippen LogP contribution in [0.2, 0.25) is 0 Å². The lowest BCUT2D eigenvalue weighted by Gasteiger charge is -2.38. The SMILES string of the molecule is CC1(C(=O)O)CCN(c2cccc(F)c2C#N)CC1. The van der Waals surface area contributed by atoms with E-state index in [2.05, 4.69) is 0 Å². The van der Waals surface area contributed by atoms with Crippen LogP contribution in [0, 0.1) is 22.6 Å². The summed E-state index contributed by atoms with van der Waals surface area (Å²) in [5.41, 5.74) is -0.146. The number of carboxylic acids is 1. The number of nitriles is 1. The first-order chi connectivity index (χ1) is 8.98. The Hall–Kier alpha value is -2.09. The highest BCUT2D eigenvalue weighted by atomic mass is 19.1. The molecule has 4 nitrogen and oxygen atoms in total. The van der Waals surface area contributed by atoms with Crippen LogP contribution in [0.25, 0.3) is 0 Å². The molecular formula is C14H15FN2O2. The second-order valence-corrected chi connectivity index (χ2v) is 5.10. The number of aliphatic carboxylic acids is 1. The number of anilines is 1. The number of carboxylic acid groups (broad SMARTS) is 1. The van der Waals surface area contributed by atoms with E-state index in [9.17, 15) is 9.18 Å². The van der Waals surface area contributed by atoms with Gasteiger partial charge in [0, 0.05) is 13.1 Å². The Bertz CT molecular complexity index is 543. The molecule has 5 heteroatoms. The summed E-state index contributed by atoms with van der Waals surface area (Å²) >= 11 is 0. The third kappa shape index (κ3) is 2.39. The molecule has 0 bridgehead atoms. The number of nitrogens with zero attached hydrogens (tertiary/aromatic N) is 2. The maximum absolute atomic E-state index is 13.5. The molecule has 2 rings (SSSR count). The number of halogens is 1. The summed E-state index contributed by atoms with van der Waals surface area (Å²) in [5, 5.41) is 18.2. The van der Waals surface area contributed by atoms with Gasteiger partial charge < -0.3 is 10.0 Å². The maximum atomic E-state index is 13.5. The zero-order chi connectivity index (χ0) is 14.0. The molecule has 0 atom stereocenters. The van der Waals surface area contributed by atoms with E-state index >= 15 is 0 Å². The summed E-state index contributed by atoms with van der Waals surface area (Å²) in [5.74, 6) is -1.33. The quantitative estimate of drug-likeness (QED) is 0.888. The minimum Gasteiger partial charge on any atom is -0.481 e. The fraction of sp³-hybridized carbons (Fsp3) is 0.429. The van der Waals surface area contributed by atoms with Gasteiger partial charge in [0.05, 0.1) is 11.1 Å². The first-order valence-corrected chi connectivity index (χ1v) is 6.15. The molecule has 1 saturated heterocycles. The molecule has 1 aliphatic heterocycles. The normalized spacial score (nSPS) is 17.8. The van der Waals surface area contributed by atoms with Gasteiger partial charge >= 0.3 is 5.97 Å². The smallest absolute Gasteiger partial charge is 0.309 e. The van der Waals surface area contributed by atoms with E-state index in [-0.39, 0.29) is 5.56 Å². The highest BCUT2D eigenvalue weighted by molar-refractivity contribution is 5.74. The van der Waals surface area contributed by atoms with Crippen LogP contribution in [0.1, 0.15) is 25.3 Å². The van der Waals surface area contributed by atoms with E-state index < -0.39 is 17.2 Å². The number of benzene rings is 1. The molecule has 0 aliphatic carbocycles. The third-order valence-electron chi connectivity index (χ3n) is 3.83. The van der Waals surface area contributed by atoms with Crippen LogP contribution in [-0.4, -0.2) is 24.2 Å². The Balaban J connectivity index is 2.22. The highest BCUT2D eigenvalue weighted by Gasteiger charge is 2.37. The minimum absolute atomic E-state index is 0.0291. The van der Waals surface area contributed by atoms with Gasteiger partial charge in [-0.1, -0.05) is 6.07 Å². The van der Waals surface area contributed by atoms with Crippen molar-refractivity contribution >= 4 is 11.7 Å². The summed E-state index contributed by atoms with van der Waals surface area (Å²) in [6, 6.07) is 6.39. The number of hydrogen-bond acceptors (Lipinski definition) is 3. The Morgan fingerprint density at radius 2 is 2.11 bits per heavy atom. The number of piperidine rings is 1. The number of rotatable bonds is 2. The van der Waals surface area contributed by atoms with Crippen molar-refractivity contribution in [1.29, 1.82) is 5.26 Å². The lowest BCUT2D eigenvalue weighted by molar-refractivity contribution is -0.149. The Morgan fingerprint density at radius 3 is 2.63 bits per heavy atom. The standard InChI is InChI=1S/C14H15FN2O2/c1-14(13(18)19)5-7-17(8-6-14)12-4-2-3-11(15)10(12)9-16/h2-4H,5-8H2,1H3,(H,18,19). The van der Waals surface area contributed by atoms with E-state index in [0.29, 0.717) is 31.6 Å². The van der Waals surface area contributed by atoms with E-state index in [1.54, 1.807) is 19.1 Å². The topological polar surface area (TPSA) is 64.3 Å². The fourth-order valence-electron chi connectivity index (χ4n) is 2.34. The average Bonchev–Trinajstić information content (AvgIpc) is 2.39. The summed E-state index contributed by atoms with van der Waals surface area (Å²) in [7, 11) is 0. The van der Waals surface area contributed by atoms with E-state index in [4.69, 9.17) is 10.4 Å². The first-order valence-electron chi connectivity index (χ1n) is 6.15. The van der Waals surface area contributed by atoms with Crippen molar-refractivity contribution in [3.63, 3.8) is 0 Å². The summed E-state index contributed by atoms with van der Waals surface area (Å²) in [6.45, 7) is 2.76. The fourth-order valence-corrected chi connectivity index (χ4v) is 2.34. The highest BCUT2D eigenvalue weighted by Crippen LogP contribution is 2.34. The van der Waals surface area contributed by atoms with Gasteiger partial charge in [-0.05, 0) is 31.9 Å². The lowest BCUT2D eigenvalue weighted by atomic mass is 9.80. The zero-order valence-electron chi connectivity index (χ0n) is 10.7. The van der Waals surface area contributed by atoms with E-state index in [1.165, 1.54) is 6.07 Å². The molecule has 0 spiro atoms. The van der Waals surface area contributed by atoms with Crippen LogP contribution >= 0.6 is 0 Å². The molecule has 1 heterocycles. The summed E-state index contributed by atoms with van der Waals surface area (Å²) < 4.78 is 13.5. The van der Waals surface area contributed by atoms with Crippen LogP contribution in [0.15, 0.2) is 18.2 Å². The van der Waals surface area contributed by atoms with Gasteiger partial charge in [-0.25, -0.2) is 4.39 Å². The van der Waals surface area contributed by atoms with Gasteiger partial charge in [0.25, 0.3) is 0 Å². The Kier molecular flexibility index (Phi) is 3.43. The van der Waals surface area contributed by atoms with Crippen molar-refractivity contribution < 1.29 is 14.3 Å². The maximum Gasteiger partial charge on any atom is 0.309 e. The van der Waals surface area contributed by atoms with Crippen molar-refractivity contribution in [1.82, 2.24) is 0 Å². The Labute approximate surface area is 111 Å². The van der Waals surface area contributed by atoms with Crippen LogP contribution in [0.3, 0.4) is 0 Å². The first kappa shape index (κ1) is 13.3. The van der Waals surface area contributed by atoms with Crippen molar-refractivity contribution in [3.05, 3.63) is 29.6 Å². The van der Waals surface area contributed by atoms with Crippen molar-refractivity contribution in [2.45, 2.75) is 19.8 Å². The molecule has 0 amide bonds. The van der Waals surface area contributed by atoms with Crippen LogP contribution in [0.4, 0.5) is 10.1 Å². The van der Waals surface area contributed by atoms with Gasteiger partial charge in [-0.3, -0.25) is 4.79 Å². The summed E-state index contributed by atoms with van der Waals surface area (Å²) in [4.78, 5) is 13.0. The molecule has 1 N–H and O–H groups in total. The molecule has 19 heavy (non-hydrogen) atoms. The van der Waals surface area contributed by atoms with Crippen molar-refractivity contribution in [2.75, 3.05) is 18.0 Å². The minimum atomic E-state index is -0.799. The van der Waals surface area contributed by atoms with E-state index in [0.717, 1.165) is 0 Å².